The van der Waals surface area contributed by atoms with Crippen LogP contribution in [0, 0.1) is 5.92 Å². The van der Waals surface area contributed by atoms with Crippen molar-refractivity contribution >= 4 is 5.91 Å². The summed E-state index contributed by atoms with van der Waals surface area (Å²) in [6.07, 6.45) is 15.5. The van der Waals surface area contributed by atoms with Crippen LogP contribution in [0.15, 0.2) is 0 Å². The number of rotatable bonds is 5. The molecule has 0 bridgehead atoms. The SMILES string of the molecule is CCCCC1NC(C2CCCC2)N(C2CCCCC2)C1=O. The fourth-order valence-corrected chi connectivity index (χ4v) is 4.69. The van der Waals surface area contributed by atoms with Gasteiger partial charge in [0.2, 0.25) is 5.91 Å². The van der Waals surface area contributed by atoms with Gasteiger partial charge in [0.15, 0.2) is 0 Å². The summed E-state index contributed by atoms with van der Waals surface area (Å²) < 4.78 is 0. The summed E-state index contributed by atoms with van der Waals surface area (Å²) in [5, 5.41) is 3.74. The first-order valence-electron chi connectivity index (χ1n) is 9.39. The fraction of sp³-hybridized carbons (Fsp3) is 0.944. The minimum absolute atomic E-state index is 0.109. The molecule has 3 fully saturated rings. The predicted molar refractivity (Wildman–Crippen MR) is 85.9 cm³/mol. The average molecular weight is 292 g/mol. The molecule has 1 aliphatic heterocycles. The molecular weight excluding hydrogens is 260 g/mol. The van der Waals surface area contributed by atoms with E-state index in [1.165, 1.54) is 70.6 Å². The number of amides is 1. The third kappa shape index (κ3) is 3.28. The summed E-state index contributed by atoms with van der Waals surface area (Å²) >= 11 is 0. The Kier molecular flexibility index (Phi) is 5.20. The summed E-state index contributed by atoms with van der Waals surface area (Å²) in [7, 11) is 0. The number of carbonyl (C=O) groups excluding carboxylic acids is 1. The Balaban J connectivity index is 1.72. The lowest BCUT2D eigenvalue weighted by atomic mass is 9.92. The van der Waals surface area contributed by atoms with Gasteiger partial charge in [-0.3, -0.25) is 10.1 Å². The molecule has 0 aromatic rings. The van der Waals surface area contributed by atoms with Crippen LogP contribution < -0.4 is 5.32 Å². The Morgan fingerprint density at radius 1 is 1.05 bits per heavy atom. The quantitative estimate of drug-likeness (QED) is 0.835. The topological polar surface area (TPSA) is 32.3 Å². The third-order valence-electron chi connectivity index (χ3n) is 5.89. The first-order chi connectivity index (χ1) is 10.3. The number of hydrogen-bond donors (Lipinski definition) is 1. The minimum Gasteiger partial charge on any atom is -0.323 e. The number of nitrogens with one attached hydrogen (secondary N) is 1. The van der Waals surface area contributed by atoms with Gasteiger partial charge in [-0.05, 0) is 38.0 Å². The number of nitrogens with zero attached hydrogens (tertiary/aromatic N) is 1. The van der Waals surface area contributed by atoms with Gasteiger partial charge >= 0.3 is 0 Å². The van der Waals surface area contributed by atoms with Gasteiger partial charge in [-0.1, -0.05) is 51.9 Å². The van der Waals surface area contributed by atoms with Crippen LogP contribution in [0.4, 0.5) is 0 Å². The number of unbranched alkanes of at least 4 members (excludes halogenated alkanes) is 1. The monoisotopic (exact) mass is 292 g/mol. The first-order valence-corrected chi connectivity index (χ1v) is 9.39. The maximum Gasteiger partial charge on any atom is 0.241 e. The minimum atomic E-state index is 0.109. The van der Waals surface area contributed by atoms with E-state index in [0.717, 1.165) is 6.42 Å². The molecule has 2 unspecified atom stereocenters. The van der Waals surface area contributed by atoms with Crippen LogP contribution in [0.2, 0.25) is 0 Å². The molecule has 2 saturated carbocycles. The van der Waals surface area contributed by atoms with Gasteiger partial charge in [0.25, 0.3) is 0 Å². The van der Waals surface area contributed by atoms with E-state index in [1.807, 2.05) is 0 Å². The van der Waals surface area contributed by atoms with Crippen molar-refractivity contribution in [1.29, 1.82) is 0 Å². The van der Waals surface area contributed by atoms with Crippen molar-refractivity contribution in [2.75, 3.05) is 0 Å². The van der Waals surface area contributed by atoms with Crippen molar-refractivity contribution in [2.45, 2.75) is 102 Å². The highest BCUT2D eigenvalue weighted by Crippen LogP contribution is 2.36. The zero-order valence-corrected chi connectivity index (χ0v) is 13.7. The van der Waals surface area contributed by atoms with Crippen molar-refractivity contribution < 1.29 is 4.79 Å². The summed E-state index contributed by atoms with van der Waals surface area (Å²) in [6.45, 7) is 2.22. The second-order valence-electron chi connectivity index (χ2n) is 7.39. The van der Waals surface area contributed by atoms with Crippen LogP contribution in [-0.4, -0.2) is 29.1 Å². The number of hydrogen-bond acceptors (Lipinski definition) is 2. The van der Waals surface area contributed by atoms with E-state index < -0.39 is 0 Å². The smallest absolute Gasteiger partial charge is 0.241 e. The lowest BCUT2D eigenvalue weighted by molar-refractivity contribution is -0.133. The third-order valence-corrected chi connectivity index (χ3v) is 5.89. The van der Waals surface area contributed by atoms with Crippen molar-refractivity contribution in [2.24, 2.45) is 5.92 Å². The van der Waals surface area contributed by atoms with Gasteiger partial charge in [-0.15, -0.1) is 0 Å². The average Bonchev–Trinajstić information content (AvgIpc) is 3.14. The highest BCUT2D eigenvalue weighted by atomic mass is 16.2. The molecule has 0 spiro atoms. The predicted octanol–water partition coefficient (Wildman–Crippen LogP) is 3.83. The molecule has 0 aromatic carbocycles. The van der Waals surface area contributed by atoms with E-state index in [1.54, 1.807) is 0 Å². The molecule has 1 heterocycles. The van der Waals surface area contributed by atoms with E-state index in [0.29, 0.717) is 24.0 Å². The zero-order valence-electron chi connectivity index (χ0n) is 13.7. The largest absolute Gasteiger partial charge is 0.323 e. The van der Waals surface area contributed by atoms with E-state index in [2.05, 4.69) is 17.1 Å². The highest BCUT2D eigenvalue weighted by molar-refractivity contribution is 5.84. The van der Waals surface area contributed by atoms with Gasteiger partial charge < -0.3 is 4.90 Å². The van der Waals surface area contributed by atoms with Crippen LogP contribution >= 0.6 is 0 Å². The lowest BCUT2D eigenvalue weighted by Crippen LogP contribution is -2.48. The van der Waals surface area contributed by atoms with Crippen molar-refractivity contribution in [1.82, 2.24) is 10.2 Å². The molecule has 2 atom stereocenters. The summed E-state index contributed by atoms with van der Waals surface area (Å²) in [6, 6.07) is 0.633. The van der Waals surface area contributed by atoms with E-state index in [-0.39, 0.29) is 6.04 Å². The molecule has 1 N–H and O–H groups in total. The molecular formula is C18H32N2O. The number of carbonyl (C=O) groups is 1. The zero-order chi connectivity index (χ0) is 14.7. The Labute approximate surface area is 129 Å². The molecule has 3 aliphatic rings. The van der Waals surface area contributed by atoms with Crippen LogP contribution in [0.3, 0.4) is 0 Å². The maximum atomic E-state index is 12.9. The standard InChI is InChI=1S/C18H32N2O/c1-2-3-13-16-18(21)20(15-11-5-4-6-12-15)17(19-16)14-9-7-8-10-14/h14-17,19H,2-13H2,1H3. The molecule has 3 rings (SSSR count). The second-order valence-corrected chi connectivity index (χ2v) is 7.39. The van der Waals surface area contributed by atoms with Crippen LogP contribution in [-0.2, 0) is 4.79 Å². The molecule has 120 valence electrons. The Morgan fingerprint density at radius 2 is 1.71 bits per heavy atom. The first kappa shape index (κ1) is 15.3. The van der Waals surface area contributed by atoms with Crippen LogP contribution in [0.25, 0.3) is 0 Å². The van der Waals surface area contributed by atoms with Gasteiger partial charge in [0.1, 0.15) is 0 Å². The van der Waals surface area contributed by atoms with E-state index in [9.17, 15) is 4.79 Å². The van der Waals surface area contributed by atoms with Crippen LogP contribution in [0.1, 0.15) is 84.0 Å². The van der Waals surface area contributed by atoms with Gasteiger partial charge in [-0.2, -0.15) is 0 Å². The summed E-state index contributed by atoms with van der Waals surface area (Å²) in [5.74, 6) is 1.13. The molecule has 0 radical (unpaired) electrons. The van der Waals surface area contributed by atoms with Gasteiger partial charge in [0, 0.05) is 6.04 Å². The van der Waals surface area contributed by atoms with E-state index in [4.69, 9.17) is 0 Å². The second kappa shape index (κ2) is 7.13. The van der Waals surface area contributed by atoms with Crippen molar-refractivity contribution in [3.8, 4) is 0 Å². The Hall–Kier alpha value is -0.570. The van der Waals surface area contributed by atoms with Crippen molar-refractivity contribution in [3.63, 3.8) is 0 Å². The maximum absolute atomic E-state index is 12.9. The summed E-state index contributed by atoms with van der Waals surface area (Å²) in [4.78, 5) is 15.3. The van der Waals surface area contributed by atoms with Crippen molar-refractivity contribution in [3.05, 3.63) is 0 Å². The van der Waals surface area contributed by atoms with Gasteiger partial charge in [0.05, 0.1) is 12.2 Å². The molecule has 3 heteroatoms. The van der Waals surface area contributed by atoms with Crippen LogP contribution in [0.5, 0.6) is 0 Å². The molecule has 0 aromatic heterocycles. The lowest BCUT2D eigenvalue weighted by Gasteiger charge is -2.37. The fourth-order valence-electron chi connectivity index (χ4n) is 4.69. The molecule has 2 aliphatic carbocycles. The molecule has 1 amide bonds. The summed E-state index contributed by atoms with van der Waals surface area (Å²) in [5.41, 5.74) is 0. The normalized spacial score (nSPS) is 32.2. The molecule has 1 saturated heterocycles. The molecule has 21 heavy (non-hydrogen) atoms. The van der Waals surface area contributed by atoms with Gasteiger partial charge in [-0.25, -0.2) is 0 Å². The Morgan fingerprint density at radius 3 is 2.38 bits per heavy atom. The Bertz CT molecular complexity index is 345. The highest BCUT2D eigenvalue weighted by Gasteiger charge is 2.45. The van der Waals surface area contributed by atoms with E-state index >= 15 is 0 Å². The molecule has 3 nitrogen and oxygen atoms in total.